The molecule has 0 saturated carbocycles. The number of carbonyl (C=O) groups excluding carboxylic acids is 1. The van der Waals surface area contributed by atoms with E-state index in [0.717, 1.165) is 11.6 Å². The summed E-state index contributed by atoms with van der Waals surface area (Å²) < 4.78 is 17.9. The van der Waals surface area contributed by atoms with Crippen LogP contribution in [0.3, 0.4) is 0 Å². The van der Waals surface area contributed by atoms with Crippen molar-refractivity contribution in [1.82, 2.24) is 4.98 Å². The van der Waals surface area contributed by atoms with E-state index >= 15 is 0 Å². The van der Waals surface area contributed by atoms with Gasteiger partial charge in [-0.1, -0.05) is 41.9 Å². The van der Waals surface area contributed by atoms with Gasteiger partial charge in [0.1, 0.15) is 12.4 Å². The molecule has 0 aliphatic rings. The molecule has 0 radical (unpaired) electrons. The van der Waals surface area contributed by atoms with E-state index < -0.39 is 12.0 Å². The molecule has 1 amide bonds. The second-order valence-electron chi connectivity index (χ2n) is 3.68. The van der Waals surface area contributed by atoms with Gasteiger partial charge in [-0.15, -0.1) is 0 Å². The number of halogens is 2. The minimum Gasteiger partial charge on any atom is -0.444 e. The van der Waals surface area contributed by atoms with Crippen molar-refractivity contribution < 1.29 is 13.9 Å². The van der Waals surface area contributed by atoms with Crippen LogP contribution in [0.4, 0.5) is 15.0 Å². The molecule has 0 bridgehead atoms. The van der Waals surface area contributed by atoms with E-state index in [1.165, 1.54) is 6.07 Å². The summed E-state index contributed by atoms with van der Waals surface area (Å²) in [5, 5.41) is 2.44. The summed E-state index contributed by atoms with van der Waals surface area (Å²) >= 11 is 5.63. The number of nitrogens with zero attached hydrogens (tertiary/aromatic N) is 1. The van der Waals surface area contributed by atoms with Crippen molar-refractivity contribution in [3.05, 3.63) is 59.0 Å². The largest absolute Gasteiger partial charge is 0.444 e. The SMILES string of the molecule is O=C(Nc1cc(Cl)cc(F)n1)OCc1ccccc1. The van der Waals surface area contributed by atoms with Crippen LogP contribution >= 0.6 is 11.6 Å². The van der Waals surface area contributed by atoms with Crippen molar-refractivity contribution >= 4 is 23.5 Å². The smallest absolute Gasteiger partial charge is 0.413 e. The normalized spacial score (nSPS) is 10.0. The van der Waals surface area contributed by atoms with Gasteiger partial charge in [0.15, 0.2) is 0 Å². The van der Waals surface area contributed by atoms with E-state index in [4.69, 9.17) is 16.3 Å². The van der Waals surface area contributed by atoms with Crippen molar-refractivity contribution in [3.63, 3.8) is 0 Å². The Morgan fingerprint density at radius 3 is 2.74 bits per heavy atom. The maximum atomic E-state index is 12.9. The van der Waals surface area contributed by atoms with Crippen LogP contribution < -0.4 is 5.32 Å². The predicted molar refractivity (Wildman–Crippen MR) is 69.5 cm³/mol. The standard InChI is InChI=1S/C13H10ClFN2O2/c14-10-6-11(15)16-12(7-10)17-13(18)19-8-9-4-2-1-3-5-9/h1-7H,8H2,(H,16,17,18). The third-order valence-corrected chi connectivity index (χ3v) is 2.42. The number of nitrogens with one attached hydrogen (secondary N) is 1. The maximum Gasteiger partial charge on any atom is 0.413 e. The molecule has 1 N–H and O–H groups in total. The van der Waals surface area contributed by atoms with Crippen molar-refractivity contribution in [2.24, 2.45) is 0 Å². The Morgan fingerprint density at radius 2 is 2.05 bits per heavy atom. The number of carbonyl (C=O) groups is 1. The molecular formula is C13H10ClFN2O2. The lowest BCUT2D eigenvalue weighted by molar-refractivity contribution is 0.155. The van der Waals surface area contributed by atoms with E-state index in [1.807, 2.05) is 30.3 Å². The van der Waals surface area contributed by atoms with Crippen LogP contribution in [0, 0.1) is 5.95 Å². The van der Waals surface area contributed by atoms with Gasteiger partial charge in [-0.25, -0.2) is 9.78 Å². The van der Waals surface area contributed by atoms with Crippen LogP contribution in [-0.2, 0) is 11.3 Å². The monoisotopic (exact) mass is 280 g/mol. The Hall–Kier alpha value is -2.14. The van der Waals surface area contributed by atoms with E-state index in [0.29, 0.717) is 0 Å². The summed E-state index contributed by atoms with van der Waals surface area (Å²) in [6.07, 6.45) is -0.724. The van der Waals surface area contributed by atoms with Crippen LogP contribution in [0.25, 0.3) is 0 Å². The highest BCUT2D eigenvalue weighted by Gasteiger charge is 2.07. The second kappa shape index (κ2) is 6.15. The Balaban J connectivity index is 1.91. The topological polar surface area (TPSA) is 51.2 Å². The zero-order chi connectivity index (χ0) is 13.7. The van der Waals surface area contributed by atoms with E-state index in [-0.39, 0.29) is 17.4 Å². The number of pyridine rings is 1. The van der Waals surface area contributed by atoms with Gasteiger partial charge in [-0.05, 0) is 11.6 Å². The molecule has 0 atom stereocenters. The fraction of sp³-hybridized carbons (Fsp3) is 0.0769. The Morgan fingerprint density at radius 1 is 1.32 bits per heavy atom. The maximum absolute atomic E-state index is 12.9. The summed E-state index contributed by atoms with van der Waals surface area (Å²) in [5.41, 5.74) is 0.850. The molecule has 19 heavy (non-hydrogen) atoms. The first kappa shape index (κ1) is 13.3. The van der Waals surface area contributed by atoms with Gasteiger partial charge < -0.3 is 4.74 Å². The summed E-state index contributed by atoms with van der Waals surface area (Å²) in [4.78, 5) is 14.9. The first-order chi connectivity index (χ1) is 9.13. The predicted octanol–water partition coefficient (Wildman–Crippen LogP) is 3.62. The first-order valence-electron chi connectivity index (χ1n) is 5.44. The fourth-order valence-electron chi connectivity index (χ4n) is 1.39. The van der Waals surface area contributed by atoms with Gasteiger partial charge in [0.25, 0.3) is 0 Å². The van der Waals surface area contributed by atoms with Crippen molar-refractivity contribution in [2.75, 3.05) is 5.32 Å². The van der Waals surface area contributed by atoms with Gasteiger partial charge in [-0.3, -0.25) is 5.32 Å². The number of anilines is 1. The lowest BCUT2D eigenvalue weighted by Gasteiger charge is -2.06. The van der Waals surface area contributed by atoms with Crippen molar-refractivity contribution in [3.8, 4) is 0 Å². The molecule has 0 fully saturated rings. The lowest BCUT2D eigenvalue weighted by atomic mass is 10.2. The third kappa shape index (κ3) is 4.22. The number of ether oxygens (including phenoxy) is 1. The minimum atomic E-state index is -0.772. The van der Waals surface area contributed by atoms with Crippen molar-refractivity contribution in [1.29, 1.82) is 0 Å². The van der Waals surface area contributed by atoms with Crippen LogP contribution in [0.1, 0.15) is 5.56 Å². The second-order valence-corrected chi connectivity index (χ2v) is 4.12. The molecule has 0 aliphatic heterocycles. The van der Waals surface area contributed by atoms with Crippen LogP contribution in [0.2, 0.25) is 5.02 Å². The molecule has 2 rings (SSSR count). The molecule has 4 nitrogen and oxygen atoms in total. The van der Waals surface area contributed by atoms with E-state index in [9.17, 15) is 9.18 Å². The van der Waals surface area contributed by atoms with E-state index in [1.54, 1.807) is 0 Å². The van der Waals surface area contributed by atoms with Gasteiger partial charge in [0.2, 0.25) is 5.95 Å². The summed E-state index contributed by atoms with van der Waals surface area (Å²) in [5.74, 6) is -0.770. The summed E-state index contributed by atoms with van der Waals surface area (Å²) in [7, 11) is 0. The molecule has 1 aromatic heterocycles. The fourth-order valence-corrected chi connectivity index (χ4v) is 1.59. The zero-order valence-electron chi connectivity index (χ0n) is 9.77. The number of hydrogen-bond donors (Lipinski definition) is 1. The van der Waals surface area contributed by atoms with Gasteiger partial charge in [0, 0.05) is 11.1 Å². The molecule has 0 spiro atoms. The Bertz CT molecular complexity index is 558. The Kier molecular flexibility index (Phi) is 4.30. The zero-order valence-corrected chi connectivity index (χ0v) is 10.5. The molecule has 98 valence electrons. The molecular weight excluding hydrogens is 271 g/mol. The highest BCUT2D eigenvalue weighted by atomic mass is 35.5. The molecule has 1 aromatic carbocycles. The molecule has 6 heteroatoms. The Labute approximate surface area is 114 Å². The van der Waals surface area contributed by atoms with Gasteiger partial charge >= 0.3 is 6.09 Å². The number of aromatic nitrogens is 1. The average Bonchev–Trinajstić information content (AvgIpc) is 2.36. The number of benzene rings is 1. The van der Waals surface area contributed by atoms with Crippen molar-refractivity contribution in [2.45, 2.75) is 6.61 Å². The van der Waals surface area contributed by atoms with Gasteiger partial charge in [-0.2, -0.15) is 4.39 Å². The van der Waals surface area contributed by atoms with E-state index in [2.05, 4.69) is 10.3 Å². The number of rotatable bonds is 3. The minimum absolute atomic E-state index is 0.00283. The van der Waals surface area contributed by atoms with Crippen LogP contribution in [0.15, 0.2) is 42.5 Å². The number of amides is 1. The summed E-state index contributed by atoms with van der Waals surface area (Å²) in [6.45, 7) is 0.121. The third-order valence-electron chi connectivity index (χ3n) is 2.20. The number of hydrogen-bond acceptors (Lipinski definition) is 3. The van der Waals surface area contributed by atoms with Gasteiger partial charge in [0.05, 0.1) is 0 Å². The van der Waals surface area contributed by atoms with Crippen LogP contribution in [0.5, 0.6) is 0 Å². The molecule has 0 saturated heterocycles. The molecule has 1 heterocycles. The van der Waals surface area contributed by atoms with Crippen LogP contribution in [-0.4, -0.2) is 11.1 Å². The molecule has 0 unspecified atom stereocenters. The molecule has 0 aliphatic carbocycles. The quantitative estimate of drug-likeness (QED) is 0.874. The highest BCUT2D eigenvalue weighted by Crippen LogP contribution is 2.14. The average molecular weight is 281 g/mol. The lowest BCUT2D eigenvalue weighted by Crippen LogP contribution is -2.14. The summed E-state index contributed by atoms with van der Waals surface area (Å²) in [6, 6.07) is 11.6. The highest BCUT2D eigenvalue weighted by molar-refractivity contribution is 6.30. The molecule has 2 aromatic rings. The first-order valence-corrected chi connectivity index (χ1v) is 5.82.